The summed E-state index contributed by atoms with van der Waals surface area (Å²) in [5.74, 6) is 2.00. The zero-order valence-electron chi connectivity index (χ0n) is 49.2. The maximum atomic E-state index is 13.5. The molecule has 2 aromatic rings. The average molecular weight is 1140 g/mol. The SMILES string of the molecule is CC.Cc1cc2c(c(C)c1CCS(=O)(=O)N1CCC3(CC1)N=C(C1CCC(C)CC1)NC3=O)C(=O)N(C(C)(C)C)C(=O)C2.Cc1cc2c(c(C)c1CCS(=O)(=O)N1CCC3(CC1)N=C(C1CCC(C)CC1)NC3=O)C(=O)NC(=O)C2. The van der Waals surface area contributed by atoms with Gasteiger partial charge in [0.1, 0.15) is 22.7 Å². The number of sulfonamides is 2. The molecule has 0 unspecified atom stereocenters. The monoisotopic (exact) mass is 1140 g/mol. The Morgan fingerprint density at radius 3 is 1.36 bits per heavy atom. The van der Waals surface area contributed by atoms with Crippen molar-refractivity contribution in [2.45, 2.75) is 196 Å². The van der Waals surface area contributed by atoms with Crippen LogP contribution in [0.2, 0.25) is 0 Å². The van der Waals surface area contributed by atoms with Crippen molar-refractivity contribution < 1.29 is 45.6 Å². The van der Waals surface area contributed by atoms with Gasteiger partial charge in [-0.15, -0.1) is 0 Å². The molecule has 0 bridgehead atoms. The minimum atomic E-state index is -3.59. The fourth-order valence-electron chi connectivity index (χ4n) is 13.6. The summed E-state index contributed by atoms with van der Waals surface area (Å²) in [4.78, 5) is 87.4. The molecule has 6 heterocycles. The van der Waals surface area contributed by atoms with E-state index in [1.807, 2.05) is 74.4 Å². The normalized spacial score (nSPS) is 25.1. The van der Waals surface area contributed by atoms with Crippen LogP contribution in [-0.2, 0) is 64.9 Å². The number of hydrogen-bond acceptors (Lipinski definition) is 12. The number of aryl methyl sites for hydroxylation is 2. The van der Waals surface area contributed by atoms with Crippen LogP contribution in [0.4, 0.5) is 0 Å². The number of hydrogen-bond donors (Lipinski definition) is 3. The molecule has 0 aromatic heterocycles. The second kappa shape index (κ2) is 23.6. The number of amidine groups is 2. The highest BCUT2D eigenvalue weighted by molar-refractivity contribution is 7.89. The Bertz CT molecular complexity index is 3110. The van der Waals surface area contributed by atoms with Crippen LogP contribution >= 0.6 is 0 Å². The molecule has 6 aliphatic heterocycles. The summed E-state index contributed by atoms with van der Waals surface area (Å²) >= 11 is 0. The second-order valence-electron chi connectivity index (χ2n) is 24.9. The Hall–Kier alpha value is -5.18. The highest BCUT2D eigenvalue weighted by Gasteiger charge is 2.50. The van der Waals surface area contributed by atoms with Gasteiger partial charge < -0.3 is 10.6 Å². The summed E-state index contributed by atoms with van der Waals surface area (Å²) in [5.41, 5.74) is 4.97. The minimum absolute atomic E-state index is 0.0814. The van der Waals surface area contributed by atoms with Gasteiger partial charge in [-0.1, -0.05) is 65.5 Å². The van der Waals surface area contributed by atoms with Crippen LogP contribution in [0.25, 0.3) is 0 Å². The first-order chi connectivity index (χ1) is 37.6. The number of imide groups is 2. The smallest absolute Gasteiger partial charge is 0.261 e. The molecule has 8 aliphatic rings. The lowest BCUT2D eigenvalue weighted by molar-refractivity contribution is -0.132. The third-order valence-electron chi connectivity index (χ3n) is 18.4. The van der Waals surface area contributed by atoms with Gasteiger partial charge in [0.2, 0.25) is 31.9 Å². The molecule has 2 aliphatic carbocycles. The lowest BCUT2D eigenvalue weighted by atomic mass is 9.82. The molecule has 10 rings (SSSR count). The number of rotatable bonds is 10. The molecular formula is C60H86N8O10S2. The van der Waals surface area contributed by atoms with E-state index in [0.29, 0.717) is 71.6 Å². The predicted molar refractivity (Wildman–Crippen MR) is 309 cm³/mol. The van der Waals surface area contributed by atoms with E-state index in [4.69, 9.17) is 9.98 Å². The first-order valence-corrected chi connectivity index (χ1v) is 32.6. The summed E-state index contributed by atoms with van der Waals surface area (Å²) in [7, 11) is -7.16. The van der Waals surface area contributed by atoms with Gasteiger partial charge in [-0.3, -0.25) is 49.0 Å². The van der Waals surface area contributed by atoms with E-state index in [-0.39, 0.29) is 92.9 Å². The minimum Gasteiger partial charge on any atom is -0.312 e. The highest BCUT2D eigenvalue weighted by Crippen LogP contribution is 2.39. The fraction of sp³-hybridized carbons (Fsp3) is 0.667. The van der Waals surface area contributed by atoms with Crippen molar-refractivity contribution in [3.8, 4) is 0 Å². The molecule has 0 radical (unpaired) electrons. The molecule has 0 atom stereocenters. The summed E-state index contributed by atoms with van der Waals surface area (Å²) in [6, 6.07) is 3.69. The lowest BCUT2D eigenvalue weighted by Crippen LogP contribution is -2.53. The van der Waals surface area contributed by atoms with Gasteiger partial charge in [-0.05, 0) is 169 Å². The average Bonchev–Trinajstić information content (AvgIpc) is 3.96. The lowest BCUT2D eigenvalue weighted by Gasteiger charge is -2.38. The molecule has 438 valence electrons. The molecule has 6 amide bonds. The standard InChI is InChI=1S/C31H44N4O5S.C27H36N4O5S.C2H6/c1-19-7-9-22(10-8-19)27-32-29(38)31(33-27)12-14-34(15-13-31)41(39,40)16-11-24-20(2)17-23-18-25(36)35(30(4,5)6)28(37)26(23)21(24)3;1-16-4-6-19(7-5-16)24-29-26(34)27(30-24)9-11-31(12-10-27)37(35,36)13-8-21-17(2)14-20-15-22(32)28-25(33)23(20)18(21)3;1-2/h17,19,22H,7-16,18H2,1-6H3,(H,32,33,38);14,16,19H,4-13,15H2,1-3H3,(H,28,32,33)(H,29,30,34);1-2H3. The highest BCUT2D eigenvalue weighted by atomic mass is 32.2. The van der Waals surface area contributed by atoms with E-state index in [9.17, 15) is 45.6 Å². The Morgan fingerprint density at radius 1 is 0.575 bits per heavy atom. The van der Waals surface area contributed by atoms with Crippen molar-refractivity contribution in [3.63, 3.8) is 0 Å². The van der Waals surface area contributed by atoms with Gasteiger partial charge >= 0.3 is 0 Å². The van der Waals surface area contributed by atoms with E-state index in [1.165, 1.54) is 13.5 Å². The first kappa shape index (κ1) is 60.9. The van der Waals surface area contributed by atoms with Crippen LogP contribution in [0.1, 0.15) is 191 Å². The number of amides is 6. The summed E-state index contributed by atoms with van der Waals surface area (Å²) < 4.78 is 56.4. The van der Waals surface area contributed by atoms with Gasteiger partial charge in [0.05, 0.1) is 24.3 Å². The maximum absolute atomic E-state index is 13.5. The molecule has 4 fully saturated rings. The van der Waals surface area contributed by atoms with Crippen molar-refractivity contribution in [1.82, 2.24) is 29.5 Å². The van der Waals surface area contributed by atoms with Crippen molar-refractivity contribution in [1.29, 1.82) is 0 Å². The zero-order valence-corrected chi connectivity index (χ0v) is 50.8. The van der Waals surface area contributed by atoms with E-state index >= 15 is 0 Å². The predicted octanol–water partition coefficient (Wildman–Crippen LogP) is 6.89. The number of nitrogens with one attached hydrogen (secondary N) is 3. The number of fused-ring (bicyclic) bond motifs is 2. The van der Waals surface area contributed by atoms with Gasteiger partial charge in [-0.2, -0.15) is 0 Å². The largest absolute Gasteiger partial charge is 0.312 e. The van der Waals surface area contributed by atoms with Crippen LogP contribution in [0, 0.1) is 51.4 Å². The molecule has 2 saturated heterocycles. The van der Waals surface area contributed by atoms with E-state index < -0.39 is 42.6 Å². The van der Waals surface area contributed by atoms with Crippen molar-refractivity contribution >= 4 is 67.2 Å². The second-order valence-corrected chi connectivity index (χ2v) is 29.1. The van der Waals surface area contributed by atoms with Crippen molar-refractivity contribution in [2.24, 2.45) is 33.7 Å². The molecule has 18 nitrogen and oxygen atoms in total. The molecule has 2 saturated carbocycles. The number of piperidine rings is 2. The van der Waals surface area contributed by atoms with E-state index in [0.717, 1.165) is 96.4 Å². The number of carbonyl (C=O) groups excluding carboxylic acids is 6. The Morgan fingerprint density at radius 2 is 0.963 bits per heavy atom. The Balaban J connectivity index is 0.000000205. The van der Waals surface area contributed by atoms with Crippen LogP contribution in [0.3, 0.4) is 0 Å². The van der Waals surface area contributed by atoms with E-state index in [1.54, 1.807) is 0 Å². The molecule has 2 spiro atoms. The number of carbonyl (C=O) groups is 6. The number of benzene rings is 2. The van der Waals surface area contributed by atoms with Crippen LogP contribution in [0.5, 0.6) is 0 Å². The van der Waals surface area contributed by atoms with Crippen molar-refractivity contribution in [2.75, 3.05) is 37.7 Å². The summed E-state index contributed by atoms with van der Waals surface area (Å²) in [6.07, 6.45) is 11.1. The molecular weight excluding hydrogens is 1060 g/mol. The fourth-order valence-corrected chi connectivity index (χ4v) is 16.6. The molecule has 80 heavy (non-hydrogen) atoms. The molecule has 2 aromatic carbocycles. The summed E-state index contributed by atoms with van der Waals surface area (Å²) in [6.45, 7) is 22.6. The summed E-state index contributed by atoms with van der Waals surface area (Å²) in [5, 5.41) is 8.43. The Kier molecular flexibility index (Phi) is 18.0. The molecule has 20 heteroatoms. The van der Waals surface area contributed by atoms with Gasteiger partial charge in [0, 0.05) is 54.7 Å². The van der Waals surface area contributed by atoms with Gasteiger partial charge in [-0.25, -0.2) is 25.4 Å². The quantitative estimate of drug-likeness (QED) is 0.208. The Labute approximate surface area is 474 Å². The van der Waals surface area contributed by atoms with Crippen LogP contribution in [-0.4, -0.2) is 132 Å². The maximum Gasteiger partial charge on any atom is 0.261 e. The van der Waals surface area contributed by atoms with Gasteiger partial charge in [0.15, 0.2) is 0 Å². The van der Waals surface area contributed by atoms with Crippen molar-refractivity contribution in [3.05, 3.63) is 67.8 Å². The molecule has 3 N–H and O–H groups in total. The topological polar surface area (TPSA) is 241 Å². The van der Waals surface area contributed by atoms with Gasteiger partial charge in [0.25, 0.3) is 23.6 Å². The zero-order chi connectivity index (χ0) is 58.4. The number of aliphatic imine (C=N–C) groups is 2. The third-order valence-corrected chi connectivity index (χ3v) is 22.2. The van der Waals surface area contributed by atoms with Crippen LogP contribution < -0.4 is 16.0 Å². The van der Waals surface area contributed by atoms with E-state index in [2.05, 4.69) is 29.8 Å². The first-order valence-electron chi connectivity index (χ1n) is 29.4. The third kappa shape index (κ3) is 12.3. The van der Waals surface area contributed by atoms with Crippen LogP contribution in [0.15, 0.2) is 22.1 Å². The number of nitrogens with zero attached hydrogens (tertiary/aromatic N) is 5.